The molecule has 0 aliphatic carbocycles. The minimum absolute atomic E-state index is 0.000528. The van der Waals surface area contributed by atoms with Gasteiger partial charge in [-0.3, -0.25) is 14.4 Å². The summed E-state index contributed by atoms with van der Waals surface area (Å²) in [5.41, 5.74) is -0.481. The molecule has 3 saturated heterocycles. The van der Waals surface area contributed by atoms with Gasteiger partial charge in [0.05, 0.1) is 35.8 Å². The van der Waals surface area contributed by atoms with Gasteiger partial charge in [-0.2, -0.15) is 0 Å². The molecule has 0 aromatic heterocycles. The first-order valence-corrected chi connectivity index (χ1v) is 14.7. The van der Waals surface area contributed by atoms with Crippen LogP contribution in [0.15, 0.2) is 25.3 Å². The highest BCUT2D eigenvalue weighted by Gasteiger charge is 2.75. The van der Waals surface area contributed by atoms with Crippen molar-refractivity contribution in [2.45, 2.75) is 101 Å². The smallest absolute Gasteiger partial charge is 0.310 e. The van der Waals surface area contributed by atoms with Gasteiger partial charge in [0.15, 0.2) is 0 Å². The minimum atomic E-state index is -0.740. The van der Waals surface area contributed by atoms with E-state index in [0.29, 0.717) is 19.6 Å². The first kappa shape index (κ1) is 29.8. The quantitative estimate of drug-likeness (QED) is 0.217. The summed E-state index contributed by atoms with van der Waals surface area (Å²) in [5.74, 6) is -1.82. The van der Waals surface area contributed by atoms with Gasteiger partial charge in [-0.15, -0.1) is 24.9 Å². The van der Waals surface area contributed by atoms with Crippen molar-refractivity contribution in [1.29, 1.82) is 0 Å². The minimum Gasteiger partial charge on any atom is -0.465 e. The Labute approximate surface area is 227 Å². The number of allylic oxidation sites excluding steroid dienone is 1. The maximum atomic E-state index is 14.4. The molecule has 0 saturated carbocycles. The van der Waals surface area contributed by atoms with E-state index in [9.17, 15) is 19.5 Å². The van der Waals surface area contributed by atoms with E-state index in [1.807, 2.05) is 40.7 Å². The third kappa shape index (κ3) is 5.38. The number of rotatable bonds is 13. The van der Waals surface area contributed by atoms with Crippen LogP contribution >= 0.6 is 11.8 Å². The predicted octanol–water partition coefficient (Wildman–Crippen LogP) is 4.20. The monoisotopic (exact) mass is 534 g/mol. The van der Waals surface area contributed by atoms with Gasteiger partial charge >= 0.3 is 5.97 Å². The normalized spacial score (nSPS) is 30.1. The van der Waals surface area contributed by atoms with E-state index < -0.39 is 34.2 Å². The van der Waals surface area contributed by atoms with E-state index in [4.69, 9.17) is 4.74 Å². The Morgan fingerprint density at radius 2 is 2.00 bits per heavy atom. The van der Waals surface area contributed by atoms with E-state index in [1.165, 1.54) is 0 Å². The summed E-state index contributed by atoms with van der Waals surface area (Å²) in [6, 6.07) is -1.23. The molecule has 2 amide bonds. The van der Waals surface area contributed by atoms with Crippen LogP contribution in [0, 0.1) is 17.8 Å². The van der Waals surface area contributed by atoms with Crippen LogP contribution in [0.3, 0.4) is 0 Å². The number of nitrogens with zero attached hydrogens (tertiary/aromatic N) is 2. The first-order valence-electron chi connectivity index (χ1n) is 13.8. The van der Waals surface area contributed by atoms with Gasteiger partial charge in [-0.1, -0.05) is 32.4 Å². The molecule has 3 rings (SSSR count). The lowest BCUT2D eigenvalue weighted by molar-refractivity contribution is -0.155. The number of aliphatic hydroxyl groups excluding tert-OH is 1. The Balaban J connectivity index is 2.01. The predicted molar refractivity (Wildman–Crippen MR) is 148 cm³/mol. The molecule has 3 aliphatic rings. The van der Waals surface area contributed by atoms with Gasteiger partial charge < -0.3 is 19.6 Å². The van der Waals surface area contributed by atoms with Crippen LogP contribution in [0.1, 0.15) is 73.1 Å². The number of ether oxygens (including phenoxy) is 1. The number of carbonyl (C=O) groups is 3. The highest BCUT2D eigenvalue weighted by atomic mass is 32.2. The van der Waals surface area contributed by atoms with Crippen molar-refractivity contribution in [2.24, 2.45) is 17.8 Å². The molecule has 3 heterocycles. The summed E-state index contributed by atoms with van der Waals surface area (Å²) in [6.45, 7) is 18.0. The summed E-state index contributed by atoms with van der Waals surface area (Å²) >= 11 is 1.64. The van der Waals surface area contributed by atoms with Gasteiger partial charge in [0, 0.05) is 17.3 Å². The van der Waals surface area contributed by atoms with Crippen LogP contribution in [-0.4, -0.2) is 80.1 Å². The number of amides is 2. The molecule has 2 bridgehead atoms. The summed E-state index contributed by atoms with van der Waals surface area (Å²) in [7, 11) is 0. The number of esters is 1. The van der Waals surface area contributed by atoms with Crippen molar-refractivity contribution in [3.63, 3.8) is 0 Å². The van der Waals surface area contributed by atoms with Crippen molar-refractivity contribution in [1.82, 2.24) is 9.80 Å². The molecule has 208 valence electrons. The molecular formula is C29H46N2O5S. The summed E-state index contributed by atoms with van der Waals surface area (Å²) in [4.78, 5) is 45.5. The lowest BCUT2D eigenvalue weighted by Crippen LogP contribution is -2.61. The summed E-state index contributed by atoms with van der Waals surface area (Å²) in [6.07, 6.45) is 8.31. The fourth-order valence-corrected chi connectivity index (χ4v) is 8.63. The van der Waals surface area contributed by atoms with Crippen molar-refractivity contribution in [2.75, 3.05) is 19.8 Å². The number of hydrogen-bond donors (Lipinski definition) is 1. The Morgan fingerprint density at radius 3 is 2.57 bits per heavy atom. The van der Waals surface area contributed by atoms with Gasteiger partial charge in [0.1, 0.15) is 6.04 Å². The SMILES string of the molecule is C=CCCCCOC(=O)[C@@H]1[C@H]2C(=O)N([C@@H](CO)[C@@H](C)CC)C(C(=O)N(CC=C)C(C)(C)C)C23CC[C@H]1S3. The first-order chi connectivity index (χ1) is 17.5. The summed E-state index contributed by atoms with van der Waals surface area (Å²) < 4.78 is 4.99. The zero-order valence-corrected chi connectivity index (χ0v) is 24.1. The van der Waals surface area contributed by atoms with Crippen molar-refractivity contribution in [3.8, 4) is 0 Å². The Hall–Kier alpha value is -1.80. The van der Waals surface area contributed by atoms with E-state index in [0.717, 1.165) is 32.1 Å². The molecule has 1 N–H and O–H groups in total. The van der Waals surface area contributed by atoms with Crippen LogP contribution in [0.5, 0.6) is 0 Å². The Kier molecular flexibility index (Phi) is 9.60. The number of unbranched alkanes of at least 4 members (excludes halogenated alkanes) is 2. The number of aliphatic hydroxyl groups is 1. The molecule has 3 fully saturated rings. The number of fused-ring (bicyclic) bond motifs is 1. The third-order valence-corrected chi connectivity index (χ3v) is 10.5. The molecule has 3 aliphatic heterocycles. The molecule has 37 heavy (non-hydrogen) atoms. The second kappa shape index (κ2) is 11.9. The average Bonchev–Trinajstić information content (AvgIpc) is 3.49. The molecular weight excluding hydrogens is 488 g/mol. The number of hydrogen-bond acceptors (Lipinski definition) is 6. The van der Waals surface area contributed by atoms with E-state index in [-0.39, 0.29) is 35.6 Å². The zero-order valence-electron chi connectivity index (χ0n) is 23.3. The fraction of sp³-hybridized carbons (Fsp3) is 0.759. The lowest BCUT2D eigenvalue weighted by atomic mass is 9.71. The van der Waals surface area contributed by atoms with Gasteiger partial charge in [0.2, 0.25) is 11.8 Å². The van der Waals surface area contributed by atoms with Crippen LogP contribution in [0.2, 0.25) is 0 Å². The maximum absolute atomic E-state index is 14.4. The van der Waals surface area contributed by atoms with Crippen LogP contribution in [-0.2, 0) is 19.1 Å². The molecule has 7 atom stereocenters. The zero-order chi connectivity index (χ0) is 27.5. The molecule has 8 heteroatoms. The van der Waals surface area contributed by atoms with Gasteiger partial charge in [-0.25, -0.2) is 0 Å². The third-order valence-electron chi connectivity index (χ3n) is 8.52. The maximum Gasteiger partial charge on any atom is 0.310 e. The highest BCUT2D eigenvalue weighted by molar-refractivity contribution is 8.02. The Bertz CT molecular complexity index is 886. The number of carbonyl (C=O) groups excluding carboxylic acids is 3. The van der Waals surface area contributed by atoms with E-state index >= 15 is 0 Å². The molecule has 7 nitrogen and oxygen atoms in total. The number of thioether (sulfide) groups is 1. The average molecular weight is 535 g/mol. The van der Waals surface area contributed by atoms with Gasteiger partial charge in [0.25, 0.3) is 0 Å². The highest BCUT2D eigenvalue weighted by Crippen LogP contribution is 2.67. The Morgan fingerprint density at radius 1 is 1.30 bits per heavy atom. The van der Waals surface area contributed by atoms with E-state index in [1.54, 1.807) is 27.6 Å². The van der Waals surface area contributed by atoms with Crippen molar-refractivity contribution in [3.05, 3.63) is 25.3 Å². The van der Waals surface area contributed by atoms with Crippen LogP contribution in [0.4, 0.5) is 0 Å². The molecule has 1 spiro atoms. The fourth-order valence-electron chi connectivity index (χ4n) is 6.44. The second-order valence-corrected chi connectivity index (χ2v) is 13.4. The molecule has 0 aromatic rings. The lowest BCUT2D eigenvalue weighted by Gasteiger charge is -2.44. The second-order valence-electron chi connectivity index (χ2n) is 11.8. The molecule has 2 unspecified atom stereocenters. The standard InChI is InChI=1S/C29H46N2O5S/c1-8-11-12-13-17-36-27(35)22-21-14-15-29(37-21)23(22)25(33)31(20(18-32)19(4)10-3)24(29)26(34)30(16-9-2)28(5,6)7/h8-9,19-24,32H,1-2,10-18H2,3-7H3/t19-,20-,21+,22-,23-,24?,29?/m0/s1. The van der Waals surface area contributed by atoms with Crippen molar-refractivity contribution >= 4 is 29.5 Å². The number of likely N-dealkylation sites (tertiary alicyclic amines) is 1. The van der Waals surface area contributed by atoms with E-state index in [2.05, 4.69) is 13.2 Å². The topological polar surface area (TPSA) is 87.1 Å². The summed E-state index contributed by atoms with van der Waals surface area (Å²) in [5, 5.41) is 10.4. The van der Waals surface area contributed by atoms with Gasteiger partial charge in [-0.05, 0) is 58.8 Å². The van der Waals surface area contributed by atoms with Crippen molar-refractivity contribution < 1.29 is 24.2 Å². The van der Waals surface area contributed by atoms with Crippen LogP contribution < -0.4 is 0 Å². The molecule has 0 aromatic carbocycles. The molecule has 0 radical (unpaired) electrons. The largest absolute Gasteiger partial charge is 0.465 e. The van der Waals surface area contributed by atoms with Crippen LogP contribution in [0.25, 0.3) is 0 Å².